The summed E-state index contributed by atoms with van der Waals surface area (Å²) in [6, 6.07) is 13.3. The van der Waals surface area contributed by atoms with Gasteiger partial charge < -0.3 is 10.4 Å². The Labute approximate surface area is 137 Å². The van der Waals surface area contributed by atoms with E-state index in [2.05, 4.69) is 5.32 Å². The van der Waals surface area contributed by atoms with Gasteiger partial charge in [0.25, 0.3) is 11.6 Å². The molecule has 2 N–H and O–H groups in total. The number of nitrogens with one attached hydrogen (secondary N) is 1. The number of thioether (sulfide) groups is 1. The van der Waals surface area contributed by atoms with Gasteiger partial charge in [0.1, 0.15) is 5.56 Å². The molecule has 2 rings (SSSR count). The molecule has 0 aromatic heterocycles. The van der Waals surface area contributed by atoms with E-state index in [1.165, 1.54) is 23.9 Å². The second-order valence-electron chi connectivity index (χ2n) is 4.78. The minimum Gasteiger partial charge on any atom is -0.387 e. The minimum atomic E-state index is -0.872. The van der Waals surface area contributed by atoms with E-state index in [4.69, 9.17) is 0 Å². The molecule has 0 aliphatic carbocycles. The fraction of sp³-hybridized carbons (Fsp3) is 0.188. The predicted octanol–water partition coefficient (Wildman–Crippen LogP) is 2.78. The minimum absolute atomic E-state index is 0.0119. The molecule has 1 amide bonds. The molecule has 6 nitrogen and oxygen atoms in total. The number of benzene rings is 2. The third kappa shape index (κ3) is 4.30. The molecular weight excluding hydrogens is 316 g/mol. The highest BCUT2D eigenvalue weighted by Gasteiger charge is 2.21. The van der Waals surface area contributed by atoms with Gasteiger partial charge in [0, 0.05) is 17.5 Å². The van der Waals surface area contributed by atoms with Crippen molar-refractivity contribution in [3.05, 3.63) is 69.8 Å². The van der Waals surface area contributed by atoms with E-state index in [9.17, 15) is 20.0 Å². The molecule has 0 saturated heterocycles. The number of nitrogens with zero attached hydrogens (tertiary/aromatic N) is 1. The monoisotopic (exact) mass is 332 g/mol. The fourth-order valence-electron chi connectivity index (χ4n) is 2.06. The summed E-state index contributed by atoms with van der Waals surface area (Å²) in [7, 11) is 0. The zero-order valence-corrected chi connectivity index (χ0v) is 13.2. The molecule has 0 heterocycles. The molecule has 1 atom stereocenters. The molecule has 0 spiro atoms. The highest BCUT2D eigenvalue weighted by atomic mass is 32.2. The molecule has 0 bridgehead atoms. The number of hydrogen-bond donors (Lipinski definition) is 2. The van der Waals surface area contributed by atoms with Gasteiger partial charge in [-0.15, -0.1) is 11.8 Å². The topological polar surface area (TPSA) is 92.5 Å². The molecule has 0 aliphatic heterocycles. The van der Waals surface area contributed by atoms with Gasteiger partial charge >= 0.3 is 0 Å². The Morgan fingerprint density at radius 3 is 2.61 bits per heavy atom. The van der Waals surface area contributed by atoms with E-state index < -0.39 is 16.9 Å². The first kappa shape index (κ1) is 17.0. The molecule has 0 fully saturated rings. The summed E-state index contributed by atoms with van der Waals surface area (Å²) >= 11 is 1.39. The Morgan fingerprint density at radius 1 is 1.30 bits per heavy atom. The number of amides is 1. The molecule has 0 radical (unpaired) electrons. The van der Waals surface area contributed by atoms with Crippen molar-refractivity contribution in [1.29, 1.82) is 0 Å². The molecule has 2 aromatic carbocycles. The van der Waals surface area contributed by atoms with E-state index in [1.807, 2.05) is 12.3 Å². The van der Waals surface area contributed by atoms with Crippen LogP contribution >= 0.6 is 11.8 Å². The van der Waals surface area contributed by atoms with Crippen molar-refractivity contribution in [1.82, 2.24) is 5.32 Å². The summed E-state index contributed by atoms with van der Waals surface area (Å²) in [5, 5.41) is 23.6. The van der Waals surface area contributed by atoms with Crippen molar-refractivity contribution >= 4 is 23.4 Å². The SMILES string of the molecule is CSc1ccc([N+](=O)[O-])c(C(=O)NCC(O)c2ccccc2)c1. The Morgan fingerprint density at radius 2 is 2.00 bits per heavy atom. The van der Waals surface area contributed by atoms with Crippen LogP contribution in [0.5, 0.6) is 0 Å². The largest absolute Gasteiger partial charge is 0.387 e. The average molecular weight is 332 g/mol. The van der Waals surface area contributed by atoms with Gasteiger partial charge in [-0.25, -0.2) is 0 Å². The van der Waals surface area contributed by atoms with E-state index in [0.29, 0.717) is 5.56 Å². The number of nitro groups is 1. The van der Waals surface area contributed by atoms with Crippen LogP contribution in [-0.2, 0) is 0 Å². The summed E-state index contributed by atoms with van der Waals surface area (Å²) in [4.78, 5) is 23.5. The second kappa shape index (κ2) is 7.75. The maximum atomic E-state index is 12.2. The number of hydrogen-bond acceptors (Lipinski definition) is 5. The predicted molar refractivity (Wildman–Crippen MR) is 88.6 cm³/mol. The maximum Gasteiger partial charge on any atom is 0.282 e. The van der Waals surface area contributed by atoms with Crippen LogP contribution in [0, 0.1) is 10.1 Å². The van der Waals surface area contributed by atoms with Crippen molar-refractivity contribution in [2.24, 2.45) is 0 Å². The Bertz CT molecular complexity index is 706. The van der Waals surface area contributed by atoms with Gasteiger partial charge in [-0.05, 0) is 24.0 Å². The molecule has 1 unspecified atom stereocenters. The fourth-order valence-corrected chi connectivity index (χ4v) is 2.50. The highest BCUT2D eigenvalue weighted by Crippen LogP contribution is 2.24. The van der Waals surface area contributed by atoms with Gasteiger partial charge in [0.2, 0.25) is 0 Å². The zero-order chi connectivity index (χ0) is 16.8. The third-order valence-electron chi connectivity index (χ3n) is 3.29. The summed E-state index contributed by atoms with van der Waals surface area (Å²) in [6.07, 6.45) is 0.949. The third-order valence-corrected chi connectivity index (χ3v) is 4.01. The van der Waals surface area contributed by atoms with Crippen molar-refractivity contribution in [3.8, 4) is 0 Å². The van der Waals surface area contributed by atoms with E-state index in [1.54, 1.807) is 30.3 Å². The Balaban J connectivity index is 2.12. The summed E-state index contributed by atoms with van der Waals surface area (Å²) in [5.74, 6) is -0.581. The molecule has 23 heavy (non-hydrogen) atoms. The average Bonchev–Trinajstić information content (AvgIpc) is 2.59. The van der Waals surface area contributed by atoms with E-state index in [0.717, 1.165) is 4.90 Å². The smallest absolute Gasteiger partial charge is 0.282 e. The van der Waals surface area contributed by atoms with Crippen molar-refractivity contribution in [2.45, 2.75) is 11.0 Å². The Kier molecular flexibility index (Phi) is 5.72. The molecule has 2 aromatic rings. The molecule has 0 saturated carbocycles. The number of nitro benzene ring substituents is 1. The lowest BCUT2D eigenvalue weighted by atomic mass is 10.1. The van der Waals surface area contributed by atoms with Crippen LogP contribution in [0.2, 0.25) is 0 Å². The standard InChI is InChI=1S/C16H16N2O4S/c1-23-12-7-8-14(18(21)22)13(9-12)16(20)17-10-15(19)11-5-3-2-4-6-11/h2-9,15,19H,10H2,1H3,(H,17,20). The van der Waals surface area contributed by atoms with Crippen LogP contribution in [0.3, 0.4) is 0 Å². The molecule has 7 heteroatoms. The summed E-state index contributed by atoms with van der Waals surface area (Å²) in [6.45, 7) is -0.0243. The van der Waals surface area contributed by atoms with Crippen molar-refractivity contribution in [3.63, 3.8) is 0 Å². The van der Waals surface area contributed by atoms with Gasteiger partial charge in [0.05, 0.1) is 11.0 Å². The lowest BCUT2D eigenvalue weighted by Gasteiger charge is -2.12. The van der Waals surface area contributed by atoms with Crippen molar-refractivity contribution in [2.75, 3.05) is 12.8 Å². The first-order valence-electron chi connectivity index (χ1n) is 6.86. The molecule has 120 valence electrons. The number of rotatable bonds is 6. The van der Waals surface area contributed by atoms with Crippen LogP contribution in [0.25, 0.3) is 0 Å². The van der Waals surface area contributed by atoms with Gasteiger partial charge in [-0.3, -0.25) is 14.9 Å². The van der Waals surface area contributed by atoms with E-state index >= 15 is 0 Å². The normalized spacial score (nSPS) is 11.7. The van der Waals surface area contributed by atoms with Gasteiger partial charge in [-0.1, -0.05) is 30.3 Å². The number of aliphatic hydroxyl groups excluding tert-OH is 1. The van der Waals surface area contributed by atoms with Crippen LogP contribution in [0.15, 0.2) is 53.4 Å². The number of carbonyl (C=O) groups is 1. The van der Waals surface area contributed by atoms with Crippen molar-refractivity contribution < 1.29 is 14.8 Å². The van der Waals surface area contributed by atoms with Crippen LogP contribution in [-0.4, -0.2) is 28.7 Å². The number of aliphatic hydroxyl groups is 1. The summed E-state index contributed by atoms with van der Waals surface area (Å²) < 4.78 is 0. The van der Waals surface area contributed by atoms with E-state index in [-0.39, 0.29) is 17.8 Å². The van der Waals surface area contributed by atoms with Gasteiger partial charge in [0.15, 0.2) is 0 Å². The number of carbonyl (C=O) groups excluding carboxylic acids is 1. The maximum absolute atomic E-state index is 12.2. The van der Waals surface area contributed by atoms with Crippen LogP contribution < -0.4 is 5.32 Å². The lowest BCUT2D eigenvalue weighted by molar-refractivity contribution is -0.385. The molecular formula is C16H16N2O4S. The summed E-state index contributed by atoms with van der Waals surface area (Å²) in [5.41, 5.74) is 0.400. The molecule has 0 aliphatic rings. The van der Waals surface area contributed by atoms with Crippen LogP contribution in [0.4, 0.5) is 5.69 Å². The van der Waals surface area contributed by atoms with Gasteiger partial charge in [-0.2, -0.15) is 0 Å². The zero-order valence-electron chi connectivity index (χ0n) is 12.4. The first-order chi connectivity index (χ1) is 11.0. The first-order valence-corrected chi connectivity index (χ1v) is 8.09. The van der Waals surface area contributed by atoms with Crippen LogP contribution in [0.1, 0.15) is 22.0 Å². The Hall–Kier alpha value is -2.38. The lowest BCUT2D eigenvalue weighted by Crippen LogP contribution is -2.29. The highest BCUT2D eigenvalue weighted by molar-refractivity contribution is 7.98. The quantitative estimate of drug-likeness (QED) is 0.482. The second-order valence-corrected chi connectivity index (χ2v) is 5.66.